The molecule has 2 aliphatic heterocycles. The minimum absolute atomic E-state index is 0.196. The van der Waals surface area contributed by atoms with Crippen molar-refractivity contribution in [2.45, 2.75) is 38.4 Å². The minimum atomic E-state index is 0.196. The van der Waals surface area contributed by atoms with E-state index in [1.165, 1.54) is 0 Å². The molecule has 0 aliphatic carbocycles. The van der Waals surface area contributed by atoms with E-state index in [4.69, 9.17) is 9.47 Å². The molecule has 2 unspecified atom stereocenters. The Labute approximate surface area is 110 Å². The lowest BCUT2D eigenvalue weighted by atomic mass is 10.1. The molecule has 0 aromatic rings. The molecule has 104 valence electrons. The van der Waals surface area contributed by atoms with E-state index in [2.05, 4.69) is 22.1 Å². The summed E-state index contributed by atoms with van der Waals surface area (Å²) < 4.78 is 11.6. The van der Waals surface area contributed by atoms with Gasteiger partial charge in [0.25, 0.3) is 0 Å². The van der Waals surface area contributed by atoms with Gasteiger partial charge in [0.1, 0.15) is 6.10 Å². The highest BCUT2D eigenvalue weighted by atomic mass is 16.5. The van der Waals surface area contributed by atoms with Gasteiger partial charge in [0.2, 0.25) is 0 Å². The molecule has 0 radical (unpaired) electrons. The molecule has 0 saturated carbocycles. The maximum absolute atomic E-state index is 5.84. The van der Waals surface area contributed by atoms with E-state index in [-0.39, 0.29) is 12.2 Å². The van der Waals surface area contributed by atoms with Crippen molar-refractivity contribution < 1.29 is 9.47 Å². The van der Waals surface area contributed by atoms with Crippen LogP contribution in [-0.2, 0) is 9.47 Å². The highest BCUT2D eigenvalue weighted by molar-refractivity contribution is 5.79. The Morgan fingerprint density at radius 3 is 2.83 bits per heavy atom. The van der Waals surface area contributed by atoms with E-state index in [0.717, 1.165) is 58.1 Å². The SMILES string of the molecule is CCCNC(=NC)N1CCOC(C2CCCO2)C1. The molecule has 2 atom stereocenters. The van der Waals surface area contributed by atoms with Gasteiger partial charge in [0.15, 0.2) is 5.96 Å². The van der Waals surface area contributed by atoms with Crippen LogP contribution in [0.15, 0.2) is 4.99 Å². The van der Waals surface area contributed by atoms with Gasteiger partial charge in [-0.1, -0.05) is 6.92 Å². The number of morpholine rings is 1. The molecule has 0 amide bonds. The second-order valence-corrected chi connectivity index (χ2v) is 4.88. The van der Waals surface area contributed by atoms with Crippen molar-refractivity contribution >= 4 is 5.96 Å². The van der Waals surface area contributed by atoms with Crippen LogP contribution >= 0.6 is 0 Å². The standard InChI is InChI=1S/C13H25N3O2/c1-3-6-15-13(14-2)16-7-9-18-12(10-16)11-5-4-8-17-11/h11-12H,3-10H2,1-2H3,(H,14,15). The summed E-state index contributed by atoms with van der Waals surface area (Å²) in [5.41, 5.74) is 0. The van der Waals surface area contributed by atoms with Crippen molar-refractivity contribution in [3.63, 3.8) is 0 Å². The first-order chi connectivity index (χ1) is 8.85. The van der Waals surface area contributed by atoms with Gasteiger partial charge in [-0.3, -0.25) is 4.99 Å². The summed E-state index contributed by atoms with van der Waals surface area (Å²) in [6, 6.07) is 0. The zero-order valence-electron chi connectivity index (χ0n) is 11.5. The molecule has 0 aromatic heterocycles. The molecular weight excluding hydrogens is 230 g/mol. The van der Waals surface area contributed by atoms with Crippen molar-refractivity contribution in [2.24, 2.45) is 4.99 Å². The Kier molecular flexibility index (Phi) is 5.26. The van der Waals surface area contributed by atoms with E-state index in [0.29, 0.717) is 0 Å². The summed E-state index contributed by atoms with van der Waals surface area (Å²) in [7, 11) is 1.84. The second kappa shape index (κ2) is 6.95. The topological polar surface area (TPSA) is 46.1 Å². The van der Waals surface area contributed by atoms with Crippen molar-refractivity contribution in [3.8, 4) is 0 Å². The van der Waals surface area contributed by atoms with Gasteiger partial charge in [-0.2, -0.15) is 0 Å². The number of hydrogen-bond donors (Lipinski definition) is 1. The lowest BCUT2D eigenvalue weighted by Crippen LogP contribution is -2.53. The summed E-state index contributed by atoms with van der Waals surface area (Å²) in [5, 5.41) is 3.38. The summed E-state index contributed by atoms with van der Waals surface area (Å²) in [6.45, 7) is 6.56. The Morgan fingerprint density at radius 2 is 2.17 bits per heavy atom. The third-order valence-corrected chi connectivity index (χ3v) is 3.52. The van der Waals surface area contributed by atoms with E-state index in [9.17, 15) is 0 Å². The monoisotopic (exact) mass is 255 g/mol. The van der Waals surface area contributed by atoms with Crippen LogP contribution in [-0.4, -0.2) is 63.0 Å². The quantitative estimate of drug-likeness (QED) is 0.600. The third-order valence-electron chi connectivity index (χ3n) is 3.52. The van der Waals surface area contributed by atoms with E-state index < -0.39 is 0 Å². The Bertz CT molecular complexity index is 277. The average molecular weight is 255 g/mol. The van der Waals surface area contributed by atoms with Gasteiger partial charge < -0.3 is 19.7 Å². The van der Waals surface area contributed by atoms with E-state index >= 15 is 0 Å². The highest BCUT2D eigenvalue weighted by Crippen LogP contribution is 2.20. The van der Waals surface area contributed by atoms with E-state index in [1.807, 2.05) is 7.05 Å². The predicted octanol–water partition coefficient (Wildman–Crippen LogP) is 0.852. The van der Waals surface area contributed by atoms with Gasteiger partial charge in [-0.05, 0) is 19.3 Å². The average Bonchev–Trinajstić information content (AvgIpc) is 2.94. The van der Waals surface area contributed by atoms with Crippen LogP contribution in [0.2, 0.25) is 0 Å². The Hall–Kier alpha value is -0.810. The highest BCUT2D eigenvalue weighted by Gasteiger charge is 2.32. The minimum Gasteiger partial charge on any atom is -0.375 e. The summed E-state index contributed by atoms with van der Waals surface area (Å²) in [5.74, 6) is 0.989. The molecule has 2 saturated heterocycles. The molecule has 0 spiro atoms. The van der Waals surface area contributed by atoms with Crippen molar-refractivity contribution in [3.05, 3.63) is 0 Å². The molecule has 5 heteroatoms. The maximum atomic E-state index is 5.84. The van der Waals surface area contributed by atoms with Gasteiger partial charge in [-0.25, -0.2) is 0 Å². The van der Waals surface area contributed by atoms with Gasteiger partial charge in [0.05, 0.1) is 12.7 Å². The van der Waals surface area contributed by atoms with Crippen LogP contribution in [0.1, 0.15) is 26.2 Å². The summed E-state index contributed by atoms with van der Waals surface area (Å²) >= 11 is 0. The molecule has 5 nitrogen and oxygen atoms in total. The zero-order valence-corrected chi connectivity index (χ0v) is 11.5. The first kappa shape index (κ1) is 13.6. The van der Waals surface area contributed by atoms with Gasteiger partial charge in [0, 0.05) is 33.3 Å². The Balaban J connectivity index is 1.88. The predicted molar refractivity (Wildman–Crippen MR) is 71.9 cm³/mol. The molecule has 2 fully saturated rings. The van der Waals surface area contributed by atoms with Gasteiger partial charge >= 0.3 is 0 Å². The van der Waals surface area contributed by atoms with Crippen molar-refractivity contribution in [2.75, 3.05) is 39.9 Å². The first-order valence-electron chi connectivity index (χ1n) is 7.04. The van der Waals surface area contributed by atoms with Crippen molar-refractivity contribution in [1.29, 1.82) is 0 Å². The largest absolute Gasteiger partial charge is 0.375 e. The van der Waals surface area contributed by atoms with Crippen LogP contribution in [0, 0.1) is 0 Å². The fourth-order valence-electron chi connectivity index (χ4n) is 2.56. The molecule has 2 rings (SSSR count). The zero-order chi connectivity index (χ0) is 12.8. The molecular formula is C13H25N3O2. The number of guanidine groups is 1. The molecule has 1 N–H and O–H groups in total. The third kappa shape index (κ3) is 3.36. The normalized spacial score (nSPS) is 29.7. The number of nitrogens with zero attached hydrogens (tertiary/aromatic N) is 2. The fourth-order valence-corrected chi connectivity index (χ4v) is 2.56. The lowest BCUT2D eigenvalue weighted by molar-refractivity contribution is -0.0816. The van der Waals surface area contributed by atoms with Crippen LogP contribution in [0.25, 0.3) is 0 Å². The number of rotatable bonds is 3. The van der Waals surface area contributed by atoms with Gasteiger partial charge in [-0.15, -0.1) is 0 Å². The van der Waals surface area contributed by atoms with Crippen LogP contribution in [0.3, 0.4) is 0 Å². The van der Waals surface area contributed by atoms with E-state index in [1.54, 1.807) is 0 Å². The number of nitrogens with one attached hydrogen (secondary N) is 1. The second-order valence-electron chi connectivity index (χ2n) is 4.88. The molecule has 18 heavy (non-hydrogen) atoms. The molecule has 0 aromatic carbocycles. The maximum Gasteiger partial charge on any atom is 0.193 e. The smallest absolute Gasteiger partial charge is 0.193 e. The first-order valence-corrected chi connectivity index (χ1v) is 7.04. The van der Waals surface area contributed by atoms with Crippen molar-refractivity contribution in [1.82, 2.24) is 10.2 Å². The Morgan fingerprint density at radius 1 is 1.33 bits per heavy atom. The molecule has 0 bridgehead atoms. The lowest BCUT2D eigenvalue weighted by Gasteiger charge is -2.37. The van der Waals surface area contributed by atoms with Crippen LogP contribution in [0.4, 0.5) is 0 Å². The number of hydrogen-bond acceptors (Lipinski definition) is 3. The molecule has 2 heterocycles. The fraction of sp³-hybridized carbons (Fsp3) is 0.923. The number of aliphatic imine (C=N–C) groups is 1. The van der Waals surface area contributed by atoms with Crippen LogP contribution in [0.5, 0.6) is 0 Å². The van der Waals surface area contributed by atoms with Crippen LogP contribution < -0.4 is 5.32 Å². The molecule has 2 aliphatic rings. The summed E-state index contributed by atoms with van der Waals surface area (Å²) in [6.07, 6.45) is 3.87. The summed E-state index contributed by atoms with van der Waals surface area (Å²) in [4.78, 5) is 6.63. The number of ether oxygens (including phenoxy) is 2.